The molecule has 2 aliphatic rings. The topological polar surface area (TPSA) is 88.7 Å². The Kier molecular flexibility index (Phi) is 6.30. The molecule has 140 valence electrons. The van der Waals surface area contributed by atoms with Crippen LogP contribution in [0, 0.1) is 16.6 Å². The average Bonchev–Trinajstić information content (AvgIpc) is 3.29. The first-order valence-electron chi connectivity index (χ1n) is 9.47. The van der Waals surface area contributed by atoms with Crippen molar-refractivity contribution in [2.24, 2.45) is 10.4 Å². The third-order valence-electron chi connectivity index (χ3n) is 5.62. The number of nitrogens with zero attached hydrogens (tertiary/aromatic N) is 3. The lowest BCUT2D eigenvalue weighted by molar-refractivity contribution is -0.108. The van der Waals surface area contributed by atoms with Crippen LogP contribution in [0.25, 0.3) is 0 Å². The van der Waals surface area contributed by atoms with E-state index in [1.165, 1.54) is 0 Å². The average molecular weight is 364 g/mol. The predicted octanol–water partition coefficient (Wildman–Crippen LogP) is 2.16. The molecule has 1 spiro atoms. The minimum Gasteiger partial charge on any atom is -0.396 e. The van der Waals surface area contributed by atoms with Crippen LogP contribution in [0.4, 0.5) is 5.69 Å². The van der Waals surface area contributed by atoms with Gasteiger partial charge in [0.25, 0.3) is 6.71 Å². The lowest BCUT2D eigenvalue weighted by atomic mass is 9.48. The van der Waals surface area contributed by atoms with E-state index in [-0.39, 0.29) is 18.7 Å². The fourth-order valence-electron chi connectivity index (χ4n) is 4.19. The van der Waals surface area contributed by atoms with Crippen molar-refractivity contribution >= 4 is 24.6 Å². The number of aliphatic hydroxyl groups excluding tert-OH is 1. The Morgan fingerprint density at radius 2 is 2.22 bits per heavy atom. The second-order valence-corrected chi connectivity index (χ2v) is 7.47. The zero-order valence-corrected chi connectivity index (χ0v) is 15.5. The van der Waals surface area contributed by atoms with Crippen molar-refractivity contribution < 1.29 is 9.90 Å². The molecule has 6 nitrogen and oxygen atoms in total. The monoisotopic (exact) mass is 364 g/mol. The van der Waals surface area contributed by atoms with Gasteiger partial charge in [0.15, 0.2) is 0 Å². The molecule has 1 aromatic rings. The van der Waals surface area contributed by atoms with Crippen LogP contribution in [-0.2, 0) is 11.2 Å². The Hall–Kier alpha value is -2.59. The van der Waals surface area contributed by atoms with Crippen molar-refractivity contribution in [3.8, 4) is 5.97 Å². The number of amidine groups is 1. The maximum absolute atomic E-state index is 10.6. The Morgan fingerprint density at radius 3 is 2.89 bits per heavy atom. The molecule has 0 saturated carbocycles. The van der Waals surface area contributed by atoms with E-state index in [0.29, 0.717) is 12.8 Å². The molecule has 1 aromatic carbocycles. The minimum absolute atomic E-state index is 0.132. The molecule has 1 amide bonds. The second kappa shape index (κ2) is 8.87. The quantitative estimate of drug-likeness (QED) is 0.350. The van der Waals surface area contributed by atoms with Crippen LogP contribution < -0.4 is 5.32 Å². The lowest BCUT2D eigenvalue weighted by Gasteiger charge is -2.25. The molecule has 3 rings (SSSR count). The molecule has 1 unspecified atom stereocenters. The van der Waals surface area contributed by atoms with E-state index >= 15 is 0 Å². The van der Waals surface area contributed by atoms with Crippen molar-refractivity contribution in [1.82, 2.24) is 10.2 Å². The van der Waals surface area contributed by atoms with Crippen LogP contribution >= 0.6 is 0 Å². The summed E-state index contributed by atoms with van der Waals surface area (Å²) >= 11 is 0. The van der Waals surface area contributed by atoms with E-state index in [1.807, 2.05) is 30.3 Å². The number of benzene rings is 1. The SMILES string of the molecule is N#CB1CCC2(CCN(C(/C=C\NC=O)=Nc3ccc(CCO)cc3)C2)C1. The van der Waals surface area contributed by atoms with E-state index in [1.54, 1.807) is 6.20 Å². The number of aliphatic hydroxyl groups is 1. The molecule has 1 atom stereocenters. The number of hydrogen-bond donors (Lipinski definition) is 2. The molecule has 27 heavy (non-hydrogen) atoms. The van der Waals surface area contributed by atoms with Crippen LogP contribution in [0.15, 0.2) is 41.5 Å². The smallest absolute Gasteiger partial charge is 0.268 e. The summed E-state index contributed by atoms with van der Waals surface area (Å²) in [5.41, 5.74) is 2.13. The molecule has 2 heterocycles. The van der Waals surface area contributed by atoms with Crippen molar-refractivity contribution in [1.29, 1.82) is 5.26 Å². The molecule has 0 aliphatic carbocycles. The Morgan fingerprint density at radius 1 is 1.41 bits per heavy atom. The van der Waals surface area contributed by atoms with Crippen molar-refractivity contribution in [2.75, 3.05) is 19.7 Å². The van der Waals surface area contributed by atoms with Crippen molar-refractivity contribution in [3.05, 3.63) is 42.1 Å². The summed E-state index contributed by atoms with van der Waals surface area (Å²) in [6.45, 7) is 2.12. The largest absolute Gasteiger partial charge is 0.396 e. The van der Waals surface area contributed by atoms with E-state index in [4.69, 9.17) is 10.1 Å². The third-order valence-corrected chi connectivity index (χ3v) is 5.62. The van der Waals surface area contributed by atoms with Gasteiger partial charge in [-0.05, 0) is 42.0 Å². The third kappa shape index (κ3) is 4.78. The number of nitrogens with one attached hydrogen (secondary N) is 1. The maximum Gasteiger partial charge on any atom is 0.268 e. The van der Waals surface area contributed by atoms with Crippen LogP contribution in [0.1, 0.15) is 18.4 Å². The number of likely N-dealkylation sites (tertiary alicyclic amines) is 1. The number of carbonyl (C=O) groups is 1. The highest BCUT2D eigenvalue weighted by atomic mass is 16.2. The minimum atomic E-state index is 0.132. The van der Waals surface area contributed by atoms with Gasteiger partial charge in [-0.2, -0.15) is 0 Å². The van der Waals surface area contributed by atoms with Gasteiger partial charge in [0.2, 0.25) is 6.41 Å². The van der Waals surface area contributed by atoms with Crippen LogP contribution in [0.5, 0.6) is 0 Å². The van der Waals surface area contributed by atoms with Gasteiger partial charge in [-0.1, -0.05) is 31.2 Å². The molecular weight excluding hydrogens is 339 g/mol. The first kappa shape index (κ1) is 19.2. The Labute approximate surface area is 160 Å². The van der Waals surface area contributed by atoms with E-state index in [9.17, 15) is 10.1 Å². The molecule has 7 heteroatoms. The Bertz CT molecular complexity index is 756. The zero-order valence-electron chi connectivity index (χ0n) is 15.5. The first-order chi connectivity index (χ1) is 13.2. The van der Waals surface area contributed by atoms with Crippen molar-refractivity contribution in [3.63, 3.8) is 0 Å². The summed E-state index contributed by atoms with van der Waals surface area (Å²) < 4.78 is 0. The summed E-state index contributed by atoms with van der Waals surface area (Å²) in [4.78, 5) is 17.6. The highest BCUT2D eigenvalue weighted by Crippen LogP contribution is 2.46. The predicted molar refractivity (Wildman–Crippen MR) is 107 cm³/mol. The molecule has 2 fully saturated rings. The number of amides is 1. The molecule has 2 aliphatic heterocycles. The zero-order chi connectivity index (χ0) is 19.1. The van der Waals surface area contributed by atoms with Gasteiger partial charge in [0, 0.05) is 31.9 Å². The number of carbonyl (C=O) groups excluding carboxylic acids is 1. The number of rotatable bonds is 6. The fraction of sp³-hybridized carbons (Fsp3) is 0.450. The molecule has 0 aromatic heterocycles. The van der Waals surface area contributed by atoms with E-state index in [2.05, 4.69) is 16.2 Å². The van der Waals surface area contributed by atoms with Crippen LogP contribution in [-0.4, -0.2) is 48.7 Å². The van der Waals surface area contributed by atoms with Crippen molar-refractivity contribution in [2.45, 2.75) is 31.9 Å². The van der Waals surface area contributed by atoms with Gasteiger partial charge in [0.1, 0.15) is 5.84 Å². The van der Waals surface area contributed by atoms with Gasteiger partial charge in [-0.15, -0.1) is 0 Å². The number of nitriles is 1. The molecule has 0 bridgehead atoms. The summed E-state index contributed by atoms with van der Waals surface area (Å²) in [6.07, 6.45) is 8.84. The standard InChI is InChI=1S/C20H25BN4O2/c22-15-21-9-7-20(13-21)8-11-25(14-20)19(5-10-23-16-27)24-18-3-1-17(2-4-18)6-12-26/h1-5,10,16,26H,6-9,11-14H2,(H,23,27)/b10-5-,24-19?. The Balaban J connectivity index is 1.77. The second-order valence-electron chi connectivity index (χ2n) is 7.47. The maximum atomic E-state index is 10.6. The summed E-state index contributed by atoms with van der Waals surface area (Å²) in [5.74, 6) is 3.24. The summed E-state index contributed by atoms with van der Waals surface area (Å²) in [6, 6.07) is 7.83. The summed E-state index contributed by atoms with van der Waals surface area (Å²) in [5, 5.41) is 20.8. The lowest BCUT2D eigenvalue weighted by Crippen LogP contribution is -2.30. The molecule has 2 saturated heterocycles. The molecule has 2 N–H and O–H groups in total. The molecular formula is C20H25BN4O2. The normalized spacial score (nSPS) is 22.6. The van der Waals surface area contributed by atoms with Gasteiger partial charge in [-0.3, -0.25) is 4.79 Å². The highest BCUT2D eigenvalue weighted by Gasteiger charge is 2.46. The molecule has 0 radical (unpaired) electrons. The number of hydrogen-bond acceptors (Lipinski definition) is 4. The first-order valence-corrected chi connectivity index (χ1v) is 9.47. The van der Waals surface area contributed by atoms with Crippen LogP contribution in [0.2, 0.25) is 12.6 Å². The fourth-order valence-corrected chi connectivity index (χ4v) is 4.19. The van der Waals surface area contributed by atoms with Gasteiger partial charge >= 0.3 is 0 Å². The highest BCUT2D eigenvalue weighted by molar-refractivity contribution is 6.67. The summed E-state index contributed by atoms with van der Waals surface area (Å²) in [7, 11) is 0. The van der Waals surface area contributed by atoms with Crippen LogP contribution in [0.3, 0.4) is 0 Å². The van der Waals surface area contributed by atoms with E-state index < -0.39 is 0 Å². The van der Waals surface area contributed by atoms with E-state index in [0.717, 1.165) is 55.7 Å². The number of aliphatic imine (C=N–C) groups is 1. The van der Waals surface area contributed by atoms with Gasteiger partial charge in [-0.25, -0.2) is 10.3 Å². The van der Waals surface area contributed by atoms with Gasteiger partial charge in [0.05, 0.1) is 5.69 Å². The van der Waals surface area contributed by atoms with Gasteiger partial charge < -0.3 is 15.3 Å².